The van der Waals surface area contributed by atoms with Crippen molar-refractivity contribution >= 4 is 23.5 Å². The van der Waals surface area contributed by atoms with Gasteiger partial charge < -0.3 is 9.88 Å². The van der Waals surface area contributed by atoms with Crippen LogP contribution in [0.15, 0.2) is 94.3 Å². The molecule has 1 amide bonds. The van der Waals surface area contributed by atoms with Gasteiger partial charge in [-0.1, -0.05) is 6.07 Å². The summed E-state index contributed by atoms with van der Waals surface area (Å²) < 4.78 is 27.9. The summed E-state index contributed by atoms with van der Waals surface area (Å²) in [6.07, 6.45) is 9.67. The maximum absolute atomic E-state index is 13.5. The summed E-state index contributed by atoms with van der Waals surface area (Å²) in [5.74, 6) is -2.04. The molecule has 2 N–H and O–H groups in total. The molecule has 10 heteroatoms. The number of aromatic nitrogens is 2. The number of carbonyl (C=O) groups is 1. The highest BCUT2D eigenvalue weighted by Gasteiger charge is 2.20. The summed E-state index contributed by atoms with van der Waals surface area (Å²) in [7, 11) is 0. The second-order valence-electron chi connectivity index (χ2n) is 8.08. The van der Waals surface area contributed by atoms with Crippen molar-refractivity contribution in [3.05, 3.63) is 123 Å². The fraction of sp³-hybridized carbons (Fsp3) is 0.0769. The van der Waals surface area contributed by atoms with Crippen molar-refractivity contribution in [2.24, 2.45) is 4.99 Å². The number of benzene rings is 1. The van der Waals surface area contributed by atoms with Gasteiger partial charge in [0.25, 0.3) is 11.5 Å². The molecule has 2 aliphatic rings. The molecular formula is C26H19F2N5O3. The summed E-state index contributed by atoms with van der Waals surface area (Å²) in [5, 5.41) is 13.8. The van der Waals surface area contributed by atoms with E-state index in [1.165, 1.54) is 35.2 Å². The second kappa shape index (κ2) is 9.51. The lowest BCUT2D eigenvalue weighted by Gasteiger charge is -2.21. The van der Waals surface area contributed by atoms with Crippen LogP contribution in [0.3, 0.4) is 0 Å². The maximum atomic E-state index is 13.5. The number of rotatable bonds is 5. The number of nitrogens with one attached hydrogen (secondary N) is 1. The molecule has 0 saturated heterocycles. The third-order valence-electron chi connectivity index (χ3n) is 5.75. The third-order valence-corrected chi connectivity index (χ3v) is 5.75. The lowest BCUT2D eigenvalue weighted by molar-refractivity contribution is -0.00696. The van der Waals surface area contributed by atoms with Crippen molar-refractivity contribution < 1.29 is 18.8 Å². The monoisotopic (exact) mass is 487 g/mol. The lowest BCUT2D eigenvalue weighted by Crippen LogP contribution is -2.35. The Bertz CT molecular complexity index is 1560. The zero-order chi connectivity index (χ0) is 25.2. The van der Waals surface area contributed by atoms with Gasteiger partial charge in [-0.2, -0.15) is 0 Å². The zero-order valence-electron chi connectivity index (χ0n) is 18.7. The summed E-state index contributed by atoms with van der Waals surface area (Å²) in [6, 6.07) is 9.95. The molecular weight excluding hydrogens is 468 g/mol. The molecule has 4 heterocycles. The van der Waals surface area contributed by atoms with Gasteiger partial charge in [0.15, 0.2) is 17.5 Å². The summed E-state index contributed by atoms with van der Waals surface area (Å²) in [5.41, 5.74) is 2.48. The summed E-state index contributed by atoms with van der Waals surface area (Å²) >= 11 is 0. The molecule has 1 aromatic carbocycles. The minimum Gasteiger partial charge on any atom is -0.346 e. The number of amides is 1. The number of aliphatic imine (C=N–C) groups is 1. The third kappa shape index (κ3) is 4.49. The molecule has 0 saturated carbocycles. The van der Waals surface area contributed by atoms with Crippen LogP contribution in [-0.4, -0.2) is 38.5 Å². The average molecular weight is 487 g/mol. The number of pyridine rings is 2. The fourth-order valence-corrected chi connectivity index (χ4v) is 3.91. The van der Waals surface area contributed by atoms with Crippen LogP contribution in [0.1, 0.15) is 21.5 Å². The van der Waals surface area contributed by atoms with Crippen LogP contribution in [0.25, 0.3) is 5.57 Å². The van der Waals surface area contributed by atoms with Gasteiger partial charge in [-0.05, 0) is 59.7 Å². The van der Waals surface area contributed by atoms with Gasteiger partial charge in [0.1, 0.15) is 5.56 Å². The first-order valence-electron chi connectivity index (χ1n) is 10.9. The number of fused-ring (bicyclic) bond motifs is 1. The molecule has 0 radical (unpaired) electrons. The van der Waals surface area contributed by atoms with E-state index in [0.29, 0.717) is 17.1 Å². The Hall–Kier alpha value is -4.70. The first-order valence-corrected chi connectivity index (χ1v) is 10.9. The van der Waals surface area contributed by atoms with Gasteiger partial charge in [-0.25, -0.2) is 23.8 Å². The van der Waals surface area contributed by atoms with Crippen molar-refractivity contribution in [2.75, 3.05) is 6.54 Å². The van der Waals surface area contributed by atoms with Gasteiger partial charge in [-0.3, -0.25) is 14.8 Å². The molecule has 0 bridgehead atoms. The average Bonchev–Trinajstić information content (AvgIpc) is 3.31. The fourth-order valence-electron chi connectivity index (χ4n) is 3.91. The predicted molar refractivity (Wildman–Crippen MR) is 129 cm³/mol. The standard InChI is InChI=1S/C26H19F2N5O3/c27-22-6-5-16(11-23(22)28)15-32-9-2-4-20(26(32)35)25(34)31-13-18-12-17(7-10-33(18)36)21-14-30-24-19(21)3-1-8-29-24/h1-12,14,36H,13,15H2,(H,31,34). The van der Waals surface area contributed by atoms with Gasteiger partial charge >= 0.3 is 0 Å². The molecule has 2 aliphatic heterocycles. The van der Waals surface area contributed by atoms with Crippen molar-refractivity contribution in [1.29, 1.82) is 0 Å². The van der Waals surface area contributed by atoms with E-state index in [-0.39, 0.29) is 18.7 Å². The van der Waals surface area contributed by atoms with Gasteiger partial charge in [0.2, 0.25) is 0 Å². The molecule has 36 heavy (non-hydrogen) atoms. The number of hydroxylamine groups is 2. The Morgan fingerprint density at radius 3 is 2.81 bits per heavy atom. The number of nitrogens with zero attached hydrogens (tertiary/aromatic N) is 4. The Labute approximate surface area is 203 Å². The van der Waals surface area contributed by atoms with E-state index < -0.39 is 23.1 Å². The highest BCUT2D eigenvalue weighted by molar-refractivity contribution is 6.18. The topological polar surface area (TPSA) is 99.8 Å². The first kappa shape index (κ1) is 23.1. The Morgan fingerprint density at radius 1 is 1.11 bits per heavy atom. The van der Waals surface area contributed by atoms with E-state index >= 15 is 0 Å². The van der Waals surface area contributed by atoms with Gasteiger partial charge in [0, 0.05) is 35.9 Å². The number of allylic oxidation sites excluding steroid dienone is 4. The van der Waals surface area contributed by atoms with E-state index in [1.54, 1.807) is 24.6 Å². The normalized spacial score (nSPS) is 16.2. The van der Waals surface area contributed by atoms with E-state index in [1.807, 2.05) is 12.1 Å². The summed E-state index contributed by atoms with van der Waals surface area (Å²) in [4.78, 5) is 34.2. The van der Waals surface area contributed by atoms with Crippen molar-refractivity contribution in [2.45, 2.75) is 6.54 Å². The van der Waals surface area contributed by atoms with Crippen molar-refractivity contribution in [3.8, 4) is 0 Å². The smallest absolute Gasteiger partial charge is 0.263 e. The maximum Gasteiger partial charge on any atom is 0.263 e. The van der Waals surface area contributed by atoms with E-state index in [4.69, 9.17) is 0 Å². The first-order chi connectivity index (χ1) is 17.4. The van der Waals surface area contributed by atoms with Crippen LogP contribution >= 0.6 is 0 Å². The highest BCUT2D eigenvalue weighted by atomic mass is 19.2. The minimum atomic E-state index is -1.02. The van der Waals surface area contributed by atoms with Crippen LogP contribution < -0.4 is 10.9 Å². The molecule has 8 nitrogen and oxygen atoms in total. The molecule has 0 spiro atoms. The number of carbonyl (C=O) groups excluding carboxylic acids is 1. The minimum absolute atomic E-state index is 0.0354. The SMILES string of the molecule is O=C(NCC1=CC(=C2C=Nc3ncccc32)C=CN1O)c1cccn(Cc2ccc(F)c(F)c2)c1=O. The van der Waals surface area contributed by atoms with Crippen LogP contribution in [0, 0.1) is 11.6 Å². The van der Waals surface area contributed by atoms with Crippen LogP contribution in [-0.2, 0) is 6.54 Å². The molecule has 3 aromatic rings. The zero-order valence-corrected chi connectivity index (χ0v) is 18.7. The molecule has 0 fully saturated rings. The van der Waals surface area contributed by atoms with E-state index in [2.05, 4.69) is 15.3 Å². The molecule has 0 aliphatic carbocycles. The number of halogens is 2. The molecule has 180 valence electrons. The Kier molecular flexibility index (Phi) is 6.09. The van der Waals surface area contributed by atoms with Crippen LogP contribution in [0.4, 0.5) is 14.6 Å². The number of hydrogen-bond donors (Lipinski definition) is 2. The second-order valence-corrected chi connectivity index (χ2v) is 8.08. The number of hydrogen-bond acceptors (Lipinski definition) is 6. The quantitative estimate of drug-likeness (QED) is 0.573. The van der Waals surface area contributed by atoms with Gasteiger partial charge in [-0.15, -0.1) is 0 Å². The largest absolute Gasteiger partial charge is 0.346 e. The van der Waals surface area contributed by atoms with Crippen LogP contribution in [0.5, 0.6) is 0 Å². The van der Waals surface area contributed by atoms with Crippen molar-refractivity contribution in [3.63, 3.8) is 0 Å². The summed E-state index contributed by atoms with van der Waals surface area (Å²) in [6.45, 7) is -0.0999. The highest BCUT2D eigenvalue weighted by Crippen LogP contribution is 2.33. The Morgan fingerprint density at radius 2 is 1.97 bits per heavy atom. The van der Waals surface area contributed by atoms with Crippen molar-refractivity contribution in [1.82, 2.24) is 19.9 Å². The molecule has 5 rings (SSSR count). The van der Waals surface area contributed by atoms with Crippen LogP contribution in [0.2, 0.25) is 0 Å². The van der Waals surface area contributed by atoms with E-state index in [9.17, 15) is 23.6 Å². The van der Waals surface area contributed by atoms with E-state index in [0.717, 1.165) is 33.9 Å². The van der Waals surface area contributed by atoms with Gasteiger partial charge in [0.05, 0.1) is 18.8 Å². The molecule has 2 aromatic heterocycles. The molecule has 0 atom stereocenters. The lowest BCUT2D eigenvalue weighted by atomic mass is 10.0. The predicted octanol–water partition coefficient (Wildman–Crippen LogP) is 3.57. The Balaban J connectivity index is 1.33. The molecule has 0 unspecified atom stereocenters.